The molecule has 1 N–H and O–H groups in total. The van der Waals surface area contributed by atoms with Gasteiger partial charge in [-0.1, -0.05) is 24.6 Å². The standard InChI is InChI=1S/C15H21F3N2/c1-11-5-3-6-12(2)20(11)19-10-13-7-4-8-14(9-13)15(16,17)18/h4,7-9,11-12,19H,3,5-6,10H2,1-2H3. The second-order valence-corrected chi connectivity index (χ2v) is 5.57. The maximum atomic E-state index is 12.7. The zero-order valence-electron chi connectivity index (χ0n) is 11.9. The van der Waals surface area contributed by atoms with Gasteiger partial charge in [0.15, 0.2) is 0 Å². The maximum Gasteiger partial charge on any atom is 0.416 e. The van der Waals surface area contributed by atoms with Gasteiger partial charge in [-0.25, -0.2) is 5.01 Å². The Labute approximate surface area is 117 Å². The zero-order chi connectivity index (χ0) is 14.8. The minimum Gasteiger partial charge on any atom is -0.250 e. The van der Waals surface area contributed by atoms with E-state index < -0.39 is 11.7 Å². The molecule has 1 aromatic rings. The molecule has 2 rings (SSSR count). The van der Waals surface area contributed by atoms with Crippen molar-refractivity contribution in [2.24, 2.45) is 0 Å². The van der Waals surface area contributed by atoms with Crippen LogP contribution in [-0.4, -0.2) is 17.1 Å². The number of halogens is 3. The molecule has 0 radical (unpaired) electrons. The molecule has 1 saturated heterocycles. The predicted molar refractivity (Wildman–Crippen MR) is 72.9 cm³/mol. The van der Waals surface area contributed by atoms with Crippen molar-refractivity contribution in [1.29, 1.82) is 0 Å². The average molecular weight is 286 g/mol. The first-order valence-corrected chi connectivity index (χ1v) is 7.06. The van der Waals surface area contributed by atoms with Gasteiger partial charge >= 0.3 is 6.18 Å². The van der Waals surface area contributed by atoms with Gasteiger partial charge in [-0.2, -0.15) is 13.2 Å². The van der Waals surface area contributed by atoms with E-state index in [1.807, 2.05) is 0 Å². The monoisotopic (exact) mass is 286 g/mol. The van der Waals surface area contributed by atoms with E-state index in [4.69, 9.17) is 0 Å². The molecule has 0 spiro atoms. The first kappa shape index (κ1) is 15.3. The summed E-state index contributed by atoms with van der Waals surface area (Å²) in [4.78, 5) is 0. The van der Waals surface area contributed by atoms with Crippen LogP contribution in [0.2, 0.25) is 0 Å². The van der Waals surface area contributed by atoms with E-state index in [2.05, 4.69) is 24.3 Å². The molecule has 112 valence electrons. The summed E-state index contributed by atoms with van der Waals surface area (Å²) in [6.07, 6.45) is -0.814. The molecule has 2 unspecified atom stereocenters. The highest BCUT2D eigenvalue weighted by molar-refractivity contribution is 5.25. The molecule has 1 heterocycles. The largest absolute Gasteiger partial charge is 0.416 e. The van der Waals surface area contributed by atoms with Crippen molar-refractivity contribution < 1.29 is 13.2 Å². The van der Waals surface area contributed by atoms with Gasteiger partial charge in [0, 0.05) is 18.6 Å². The van der Waals surface area contributed by atoms with E-state index >= 15 is 0 Å². The van der Waals surface area contributed by atoms with Crippen molar-refractivity contribution in [3.63, 3.8) is 0 Å². The number of hydrazine groups is 1. The minimum atomic E-state index is -4.28. The van der Waals surface area contributed by atoms with Gasteiger partial charge in [-0.15, -0.1) is 0 Å². The van der Waals surface area contributed by atoms with Crippen LogP contribution in [0.15, 0.2) is 24.3 Å². The highest BCUT2D eigenvalue weighted by atomic mass is 19.4. The Kier molecular flexibility index (Phi) is 4.70. The maximum absolute atomic E-state index is 12.7. The van der Waals surface area contributed by atoms with Gasteiger partial charge in [0.05, 0.1) is 5.56 Å². The molecule has 0 saturated carbocycles. The Bertz CT molecular complexity index is 435. The van der Waals surface area contributed by atoms with Crippen molar-refractivity contribution in [1.82, 2.24) is 10.4 Å². The van der Waals surface area contributed by atoms with Crippen LogP contribution in [0.3, 0.4) is 0 Å². The number of rotatable bonds is 3. The van der Waals surface area contributed by atoms with Crippen LogP contribution in [0.1, 0.15) is 44.2 Å². The van der Waals surface area contributed by atoms with Crippen molar-refractivity contribution in [2.45, 2.75) is 57.9 Å². The zero-order valence-corrected chi connectivity index (χ0v) is 11.9. The number of hydrogen-bond acceptors (Lipinski definition) is 2. The van der Waals surface area contributed by atoms with E-state index in [1.165, 1.54) is 18.6 Å². The van der Waals surface area contributed by atoms with Crippen LogP contribution in [0.4, 0.5) is 13.2 Å². The number of hydrogen-bond donors (Lipinski definition) is 1. The summed E-state index contributed by atoms with van der Waals surface area (Å²) in [7, 11) is 0. The fourth-order valence-electron chi connectivity index (χ4n) is 2.77. The summed E-state index contributed by atoms with van der Waals surface area (Å²) in [5.74, 6) is 0. The molecule has 1 fully saturated rings. The van der Waals surface area contributed by atoms with E-state index in [9.17, 15) is 13.2 Å². The third-order valence-electron chi connectivity index (χ3n) is 3.91. The molecule has 0 amide bonds. The lowest BCUT2D eigenvalue weighted by molar-refractivity contribution is -0.137. The van der Waals surface area contributed by atoms with Crippen molar-refractivity contribution >= 4 is 0 Å². The summed E-state index contributed by atoms with van der Waals surface area (Å²) in [5.41, 5.74) is 3.35. The predicted octanol–water partition coefficient (Wildman–Crippen LogP) is 3.97. The summed E-state index contributed by atoms with van der Waals surface area (Å²) < 4.78 is 38.0. The molecule has 20 heavy (non-hydrogen) atoms. The number of nitrogens with zero attached hydrogens (tertiary/aromatic N) is 1. The van der Waals surface area contributed by atoms with Crippen LogP contribution >= 0.6 is 0 Å². The fraction of sp³-hybridized carbons (Fsp3) is 0.600. The van der Waals surface area contributed by atoms with Crippen molar-refractivity contribution in [3.05, 3.63) is 35.4 Å². The lowest BCUT2D eigenvalue weighted by Gasteiger charge is -2.39. The number of nitrogens with one attached hydrogen (secondary N) is 1. The third kappa shape index (κ3) is 3.73. The smallest absolute Gasteiger partial charge is 0.250 e. The Morgan fingerprint density at radius 2 is 1.85 bits per heavy atom. The summed E-state index contributed by atoms with van der Waals surface area (Å²) in [6.45, 7) is 4.72. The average Bonchev–Trinajstić information content (AvgIpc) is 2.37. The van der Waals surface area contributed by atoms with Gasteiger partial charge in [0.1, 0.15) is 0 Å². The van der Waals surface area contributed by atoms with Crippen molar-refractivity contribution in [3.8, 4) is 0 Å². The molecule has 0 aliphatic carbocycles. The first-order valence-electron chi connectivity index (χ1n) is 7.06. The normalized spacial score (nSPS) is 24.9. The molecule has 0 bridgehead atoms. The fourth-order valence-corrected chi connectivity index (χ4v) is 2.77. The topological polar surface area (TPSA) is 15.3 Å². The highest BCUT2D eigenvalue weighted by Crippen LogP contribution is 2.29. The SMILES string of the molecule is CC1CCCC(C)N1NCc1cccc(C(F)(F)F)c1. The van der Waals surface area contributed by atoms with Crippen LogP contribution in [0.5, 0.6) is 0 Å². The first-order chi connectivity index (χ1) is 9.38. The summed E-state index contributed by atoms with van der Waals surface area (Å²) in [6, 6.07) is 6.35. The Hall–Kier alpha value is -1.07. The van der Waals surface area contributed by atoms with E-state index in [0.29, 0.717) is 24.2 Å². The Balaban J connectivity index is 2.00. The summed E-state index contributed by atoms with van der Waals surface area (Å²) in [5, 5.41) is 2.17. The Morgan fingerprint density at radius 3 is 2.45 bits per heavy atom. The van der Waals surface area contributed by atoms with Crippen LogP contribution in [-0.2, 0) is 12.7 Å². The molecule has 1 aliphatic rings. The molecule has 5 heteroatoms. The quantitative estimate of drug-likeness (QED) is 0.904. The lowest BCUT2D eigenvalue weighted by atomic mass is 10.00. The van der Waals surface area contributed by atoms with Crippen LogP contribution < -0.4 is 5.43 Å². The molecular formula is C15H21F3N2. The van der Waals surface area contributed by atoms with E-state index in [0.717, 1.165) is 18.9 Å². The number of benzene rings is 1. The molecule has 1 aliphatic heterocycles. The lowest BCUT2D eigenvalue weighted by Crippen LogP contribution is -2.51. The van der Waals surface area contributed by atoms with Crippen LogP contribution in [0.25, 0.3) is 0 Å². The van der Waals surface area contributed by atoms with Gasteiger partial charge in [-0.3, -0.25) is 5.43 Å². The highest BCUT2D eigenvalue weighted by Gasteiger charge is 2.30. The van der Waals surface area contributed by atoms with Gasteiger partial charge in [-0.05, 0) is 38.3 Å². The van der Waals surface area contributed by atoms with Gasteiger partial charge in [0.25, 0.3) is 0 Å². The summed E-state index contributed by atoms with van der Waals surface area (Å²) >= 11 is 0. The second-order valence-electron chi connectivity index (χ2n) is 5.57. The van der Waals surface area contributed by atoms with Gasteiger partial charge < -0.3 is 0 Å². The molecule has 0 aromatic heterocycles. The number of piperidine rings is 1. The minimum absolute atomic E-state index is 0.421. The second kappa shape index (κ2) is 6.14. The Morgan fingerprint density at radius 1 is 1.20 bits per heavy atom. The van der Waals surface area contributed by atoms with Crippen molar-refractivity contribution in [2.75, 3.05) is 0 Å². The van der Waals surface area contributed by atoms with E-state index in [-0.39, 0.29) is 0 Å². The molecule has 1 aromatic carbocycles. The molecular weight excluding hydrogens is 265 g/mol. The van der Waals surface area contributed by atoms with Gasteiger partial charge in [0.2, 0.25) is 0 Å². The number of alkyl halides is 3. The molecule has 2 atom stereocenters. The van der Waals surface area contributed by atoms with Crippen LogP contribution in [0, 0.1) is 0 Å². The third-order valence-corrected chi connectivity index (χ3v) is 3.91. The van der Waals surface area contributed by atoms with E-state index in [1.54, 1.807) is 6.07 Å². The molecule has 2 nitrogen and oxygen atoms in total.